The van der Waals surface area contributed by atoms with Crippen LogP contribution in [-0.2, 0) is 4.74 Å². The molecule has 2 aliphatic rings. The van der Waals surface area contributed by atoms with Gasteiger partial charge in [-0.05, 0) is 49.3 Å². The molecule has 3 rings (SSSR count). The minimum atomic E-state index is -0.190. The Morgan fingerprint density at radius 2 is 2.00 bits per heavy atom. The van der Waals surface area contributed by atoms with Crippen LogP contribution >= 0.6 is 0 Å². The van der Waals surface area contributed by atoms with Crippen LogP contribution in [0, 0.1) is 11.7 Å². The van der Waals surface area contributed by atoms with E-state index in [4.69, 9.17) is 4.74 Å². The van der Waals surface area contributed by atoms with Crippen LogP contribution in [0.2, 0.25) is 0 Å². The van der Waals surface area contributed by atoms with E-state index in [1.165, 1.54) is 31.7 Å². The molecule has 2 fully saturated rings. The van der Waals surface area contributed by atoms with Crippen LogP contribution in [0.4, 0.5) is 4.39 Å². The van der Waals surface area contributed by atoms with Gasteiger partial charge >= 0.3 is 0 Å². The molecule has 0 bridgehead atoms. The number of nitrogens with one attached hydrogen (secondary N) is 2. The second-order valence-corrected chi connectivity index (χ2v) is 7.77. The number of rotatable bonds is 5. The van der Waals surface area contributed by atoms with Gasteiger partial charge in [-0.25, -0.2) is 4.39 Å². The summed E-state index contributed by atoms with van der Waals surface area (Å²) in [4.78, 5) is 6.77. The number of benzene rings is 1. The summed E-state index contributed by atoms with van der Waals surface area (Å²) in [6.45, 7) is 6.17. The number of hydrogen-bond acceptors (Lipinski definition) is 3. The highest BCUT2D eigenvalue weighted by atomic mass is 19.1. The molecular weight excluding hydrogens is 343 g/mol. The molecule has 1 heterocycles. The Labute approximate surface area is 162 Å². The summed E-state index contributed by atoms with van der Waals surface area (Å²) in [5, 5.41) is 7.05. The van der Waals surface area contributed by atoms with E-state index in [0.29, 0.717) is 12.6 Å². The lowest BCUT2D eigenvalue weighted by molar-refractivity contribution is 0.0169. The average Bonchev–Trinajstić information content (AvgIpc) is 2.70. The fourth-order valence-corrected chi connectivity index (χ4v) is 4.05. The molecule has 0 amide bonds. The summed E-state index contributed by atoms with van der Waals surface area (Å²) in [7, 11) is 1.81. The summed E-state index contributed by atoms with van der Waals surface area (Å²) in [5.41, 5.74) is 0.992. The van der Waals surface area contributed by atoms with Crippen LogP contribution in [0.3, 0.4) is 0 Å². The van der Waals surface area contributed by atoms with Crippen LogP contribution in [0.15, 0.2) is 29.3 Å². The zero-order valence-electron chi connectivity index (χ0n) is 16.6. The molecule has 27 heavy (non-hydrogen) atoms. The monoisotopic (exact) mass is 376 g/mol. The van der Waals surface area contributed by atoms with Crippen molar-refractivity contribution in [3.63, 3.8) is 0 Å². The highest BCUT2D eigenvalue weighted by Crippen LogP contribution is 2.24. The molecule has 0 aromatic heterocycles. The van der Waals surface area contributed by atoms with E-state index in [9.17, 15) is 4.39 Å². The summed E-state index contributed by atoms with van der Waals surface area (Å²) >= 11 is 0. The Bertz CT molecular complexity index is 610. The lowest BCUT2D eigenvalue weighted by Gasteiger charge is -2.35. The van der Waals surface area contributed by atoms with Crippen molar-refractivity contribution in [3.8, 4) is 0 Å². The quantitative estimate of drug-likeness (QED) is 0.613. The normalized spacial score (nSPS) is 25.8. The van der Waals surface area contributed by atoms with Gasteiger partial charge in [0.05, 0.1) is 19.3 Å². The van der Waals surface area contributed by atoms with Gasteiger partial charge in [-0.3, -0.25) is 9.89 Å². The van der Waals surface area contributed by atoms with Crippen molar-refractivity contribution in [2.45, 2.75) is 44.7 Å². The van der Waals surface area contributed by atoms with Gasteiger partial charge in [0.15, 0.2) is 5.96 Å². The van der Waals surface area contributed by atoms with Gasteiger partial charge in [0, 0.05) is 32.7 Å². The van der Waals surface area contributed by atoms with E-state index in [2.05, 4.69) is 27.4 Å². The van der Waals surface area contributed by atoms with Crippen LogP contribution < -0.4 is 10.6 Å². The van der Waals surface area contributed by atoms with Gasteiger partial charge < -0.3 is 15.4 Å². The average molecular weight is 377 g/mol. The highest BCUT2D eigenvalue weighted by Gasteiger charge is 2.24. The SMILES string of the molecule is CN=C(NCC(c1cccc(F)c1)N1CCOCC1)NC1CCC(C)CC1. The van der Waals surface area contributed by atoms with E-state index < -0.39 is 0 Å². The molecule has 1 unspecified atom stereocenters. The molecule has 150 valence electrons. The van der Waals surface area contributed by atoms with Crippen molar-refractivity contribution < 1.29 is 9.13 Å². The lowest BCUT2D eigenvalue weighted by Crippen LogP contribution is -2.49. The standard InChI is InChI=1S/C21H33FN4O/c1-16-6-8-19(9-7-16)25-21(23-2)24-15-20(26-10-12-27-13-11-26)17-4-3-5-18(22)14-17/h3-5,14,16,19-20H,6-13,15H2,1-2H3,(H2,23,24,25). The minimum Gasteiger partial charge on any atom is -0.379 e. The minimum absolute atomic E-state index is 0.0922. The number of ether oxygens (including phenoxy) is 1. The van der Waals surface area contributed by atoms with Gasteiger partial charge in [-0.2, -0.15) is 0 Å². The van der Waals surface area contributed by atoms with E-state index in [-0.39, 0.29) is 11.9 Å². The predicted octanol–water partition coefficient (Wildman–Crippen LogP) is 2.94. The third kappa shape index (κ3) is 5.91. The molecule has 1 saturated carbocycles. The Balaban J connectivity index is 1.62. The molecule has 1 aliphatic heterocycles. The predicted molar refractivity (Wildman–Crippen MR) is 107 cm³/mol. The van der Waals surface area contributed by atoms with Crippen LogP contribution in [0.25, 0.3) is 0 Å². The molecule has 0 radical (unpaired) electrons. The summed E-state index contributed by atoms with van der Waals surface area (Å²) < 4.78 is 19.3. The van der Waals surface area contributed by atoms with Gasteiger partial charge in [0.25, 0.3) is 0 Å². The van der Waals surface area contributed by atoms with Crippen molar-refractivity contribution >= 4 is 5.96 Å². The lowest BCUT2D eigenvalue weighted by atomic mass is 9.87. The van der Waals surface area contributed by atoms with E-state index in [0.717, 1.165) is 43.7 Å². The first-order chi connectivity index (χ1) is 13.2. The first-order valence-electron chi connectivity index (χ1n) is 10.2. The van der Waals surface area contributed by atoms with Crippen molar-refractivity contribution in [3.05, 3.63) is 35.6 Å². The van der Waals surface area contributed by atoms with Gasteiger partial charge in [-0.15, -0.1) is 0 Å². The van der Waals surface area contributed by atoms with E-state index in [1.807, 2.05) is 13.1 Å². The Morgan fingerprint density at radius 1 is 1.26 bits per heavy atom. The summed E-state index contributed by atoms with van der Waals surface area (Å²) in [6, 6.07) is 7.51. The Morgan fingerprint density at radius 3 is 2.67 bits per heavy atom. The number of morpholine rings is 1. The smallest absolute Gasteiger partial charge is 0.191 e. The molecule has 6 heteroatoms. The number of guanidine groups is 1. The fourth-order valence-electron chi connectivity index (χ4n) is 4.05. The molecular formula is C21H33FN4O. The van der Waals surface area contributed by atoms with Gasteiger partial charge in [0.2, 0.25) is 0 Å². The van der Waals surface area contributed by atoms with E-state index in [1.54, 1.807) is 12.1 Å². The molecule has 0 spiro atoms. The molecule has 1 aromatic carbocycles. The Kier molecular flexibility index (Phi) is 7.47. The first-order valence-corrected chi connectivity index (χ1v) is 10.2. The molecule has 5 nitrogen and oxygen atoms in total. The highest BCUT2D eigenvalue weighted by molar-refractivity contribution is 5.80. The van der Waals surface area contributed by atoms with Crippen LogP contribution in [0.5, 0.6) is 0 Å². The molecule has 2 N–H and O–H groups in total. The van der Waals surface area contributed by atoms with Crippen LogP contribution in [-0.4, -0.2) is 56.8 Å². The molecule has 1 aromatic rings. The summed E-state index contributed by atoms with van der Waals surface area (Å²) in [5.74, 6) is 1.48. The zero-order chi connectivity index (χ0) is 19.1. The maximum Gasteiger partial charge on any atom is 0.191 e. The van der Waals surface area contributed by atoms with Crippen molar-refractivity contribution in [1.82, 2.24) is 15.5 Å². The largest absolute Gasteiger partial charge is 0.379 e. The number of hydrogen-bond donors (Lipinski definition) is 2. The van der Waals surface area contributed by atoms with Crippen molar-refractivity contribution in [1.29, 1.82) is 0 Å². The second-order valence-electron chi connectivity index (χ2n) is 7.77. The third-order valence-electron chi connectivity index (χ3n) is 5.76. The first kappa shape index (κ1) is 20.1. The second kappa shape index (κ2) is 10.0. The topological polar surface area (TPSA) is 48.9 Å². The summed E-state index contributed by atoms with van der Waals surface area (Å²) in [6.07, 6.45) is 4.93. The van der Waals surface area contributed by atoms with Crippen molar-refractivity contribution in [2.75, 3.05) is 39.9 Å². The van der Waals surface area contributed by atoms with Crippen molar-refractivity contribution in [2.24, 2.45) is 10.9 Å². The molecule has 1 atom stereocenters. The van der Waals surface area contributed by atoms with Crippen LogP contribution in [0.1, 0.15) is 44.2 Å². The zero-order valence-corrected chi connectivity index (χ0v) is 16.6. The van der Waals surface area contributed by atoms with Gasteiger partial charge in [-0.1, -0.05) is 19.1 Å². The van der Waals surface area contributed by atoms with Gasteiger partial charge in [0.1, 0.15) is 5.82 Å². The maximum atomic E-state index is 13.8. The van der Waals surface area contributed by atoms with E-state index >= 15 is 0 Å². The fraction of sp³-hybridized carbons (Fsp3) is 0.667. The number of halogens is 1. The third-order valence-corrected chi connectivity index (χ3v) is 5.76. The maximum absolute atomic E-state index is 13.8. The Hall–Kier alpha value is -1.66. The number of aliphatic imine (C=N–C) groups is 1. The molecule has 1 aliphatic carbocycles. The molecule has 1 saturated heterocycles. The number of nitrogens with zero attached hydrogens (tertiary/aromatic N) is 2.